The number of rotatable bonds is 6. The smallest absolute Gasteiger partial charge is 0.497 e. The molecular formula is C17H16F3NO4. The van der Waals surface area contributed by atoms with Gasteiger partial charge in [-0.2, -0.15) is 0 Å². The zero-order valence-corrected chi connectivity index (χ0v) is 13.5. The first kappa shape index (κ1) is 18.4. The van der Waals surface area contributed by atoms with Crippen LogP contribution in [0.2, 0.25) is 0 Å². The van der Waals surface area contributed by atoms with Crippen LogP contribution in [0, 0.1) is 0 Å². The number of hydrogen-bond donors (Lipinski definition) is 1. The molecule has 0 heterocycles. The van der Waals surface area contributed by atoms with E-state index in [4.69, 9.17) is 9.47 Å². The average molecular weight is 355 g/mol. The third-order valence-corrected chi connectivity index (χ3v) is 3.21. The zero-order valence-electron chi connectivity index (χ0n) is 13.5. The maximum Gasteiger partial charge on any atom is 0.573 e. The number of hydrogen-bond acceptors (Lipinski definition) is 4. The molecule has 25 heavy (non-hydrogen) atoms. The number of benzene rings is 2. The Hall–Kier alpha value is -2.90. The number of carbonyl (C=O) groups is 1. The van der Waals surface area contributed by atoms with Crippen LogP contribution in [-0.2, 0) is 11.2 Å². The lowest BCUT2D eigenvalue weighted by atomic mass is 10.1. The molecule has 0 unspecified atom stereocenters. The van der Waals surface area contributed by atoms with Gasteiger partial charge in [-0.25, -0.2) is 0 Å². The number of ether oxygens (including phenoxy) is 3. The predicted octanol–water partition coefficient (Wildman–Crippen LogP) is 3.78. The Kier molecular flexibility index (Phi) is 5.74. The first-order valence-corrected chi connectivity index (χ1v) is 7.17. The van der Waals surface area contributed by atoms with Crippen molar-refractivity contribution in [3.05, 3.63) is 48.0 Å². The highest BCUT2D eigenvalue weighted by atomic mass is 19.4. The van der Waals surface area contributed by atoms with Gasteiger partial charge in [0.05, 0.1) is 20.6 Å². The molecule has 0 aliphatic carbocycles. The molecule has 0 saturated carbocycles. The molecule has 0 aliphatic heterocycles. The molecule has 5 nitrogen and oxygen atoms in total. The predicted molar refractivity (Wildman–Crippen MR) is 85.0 cm³/mol. The minimum Gasteiger partial charge on any atom is -0.497 e. The normalized spacial score (nSPS) is 10.9. The molecule has 0 saturated heterocycles. The summed E-state index contributed by atoms with van der Waals surface area (Å²) in [5.74, 6) is 0.401. The van der Waals surface area contributed by atoms with Crippen molar-refractivity contribution in [1.29, 1.82) is 0 Å². The Morgan fingerprint density at radius 1 is 1.00 bits per heavy atom. The topological polar surface area (TPSA) is 56.8 Å². The molecular weight excluding hydrogens is 339 g/mol. The minimum absolute atomic E-state index is 0.0151. The Morgan fingerprint density at radius 3 is 2.20 bits per heavy atom. The number of anilines is 1. The van der Waals surface area contributed by atoms with Crippen LogP contribution in [0.5, 0.6) is 17.2 Å². The number of carbonyl (C=O) groups excluding carboxylic acids is 1. The van der Waals surface area contributed by atoms with Gasteiger partial charge in [-0.3, -0.25) is 4.79 Å². The second kappa shape index (κ2) is 7.78. The number of methoxy groups -OCH3 is 2. The van der Waals surface area contributed by atoms with E-state index in [1.54, 1.807) is 18.2 Å². The van der Waals surface area contributed by atoms with E-state index in [0.717, 1.165) is 12.1 Å². The van der Waals surface area contributed by atoms with Gasteiger partial charge in [0.15, 0.2) is 0 Å². The van der Waals surface area contributed by atoms with Crippen LogP contribution in [0.3, 0.4) is 0 Å². The summed E-state index contributed by atoms with van der Waals surface area (Å²) in [4.78, 5) is 12.1. The van der Waals surface area contributed by atoms with E-state index in [-0.39, 0.29) is 18.1 Å². The van der Waals surface area contributed by atoms with Gasteiger partial charge in [-0.15, -0.1) is 13.2 Å². The van der Waals surface area contributed by atoms with Crippen molar-refractivity contribution >= 4 is 11.6 Å². The minimum atomic E-state index is -4.76. The summed E-state index contributed by atoms with van der Waals surface area (Å²) in [6.07, 6.45) is -4.74. The SMILES string of the molecule is COc1ccc(OC)c(CC(=O)Nc2ccc(OC(F)(F)F)cc2)c1. The fourth-order valence-corrected chi connectivity index (χ4v) is 2.14. The molecule has 0 bridgehead atoms. The number of halogens is 3. The van der Waals surface area contributed by atoms with Crippen molar-refractivity contribution in [2.24, 2.45) is 0 Å². The van der Waals surface area contributed by atoms with Crippen molar-refractivity contribution in [2.45, 2.75) is 12.8 Å². The van der Waals surface area contributed by atoms with E-state index >= 15 is 0 Å². The van der Waals surface area contributed by atoms with Gasteiger partial charge in [-0.05, 0) is 42.5 Å². The van der Waals surface area contributed by atoms with Crippen LogP contribution >= 0.6 is 0 Å². The van der Waals surface area contributed by atoms with Crippen LogP contribution in [-0.4, -0.2) is 26.5 Å². The van der Waals surface area contributed by atoms with Crippen LogP contribution in [0.1, 0.15) is 5.56 Å². The van der Waals surface area contributed by atoms with Crippen molar-refractivity contribution in [3.8, 4) is 17.2 Å². The second-order valence-corrected chi connectivity index (χ2v) is 4.97. The van der Waals surface area contributed by atoms with Gasteiger partial charge >= 0.3 is 6.36 Å². The maximum absolute atomic E-state index is 12.1. The molecule has 1 N–H and O–H groups in total. The molecule has 2 rings (SSSR count). The van der Waals surface area contributed by atoms with Crippen molar-refractivity contribution in [2.75, 3.05) is 19.5 Å². The molecule has 0 aromatic heterocycles. The standard InChI is InChI=1S/C17H16F3NO4/c1-23-14-7-8-15(24-2)11(9-14)10-16(22)21-12-3-5-13(6-4-12)25-17(18,19)20/h3-9H,10H2,1-2H3,(H,21,22). The highest BCUT2D eigenvalue weighted by molar-refractivity contribution is 5.92. The zero-order chi connectivity index (χ0) is 18.4. The quantitative estimate of drug-likeness (QED) is 0.857. The van der Waals surface area contributed by atoms with E-state index in [0.29, 0.717) is 22.7 Å². The van der Waals surface area contributed by atoms with E-state index < -0.39 is 6.36 Å². The first-order chi connectivity index (χ1) is 11.8. The summed E-state index contributed by atoms with van der Waals surface area (Å²) in [7, 11) is 3.00. The van der Waals surface area contributed by atoms with E-state index in [1.807, 2.05) is 0 Å². The molecule has 134 valence electrons. The fourth-order valence-electron chi connectivity index (χ4n) is 2.14. The molecule has 0 fully saturated rings. The van der Waals surface area contributed by atoms with Crippen LogP contribution < -0.4 is 19.5 Å². The first-order valence-electron chi connectivity index (χ1n) is 7.17. The molecule has 1 amide bonds. The summed E-state index contributed by atoms with van der Waals surface area (Å²) < 4.78 is 50.4. The van der Waals surface area contributed by atoms with Crippen LogP contribution in [0.4, 0.5) is 18.9 Å². The van der Waals surface area contributed by atoms with Crippen LogP contribution in [0.25, 0.3) is 0 Å². The molecule has 2 aromatic rings. The maximum atomic E-state index is 12.1. The largest absolute Gasteiger partial charge is 0.573 e. The van der Waals surface area contributed by atoms with Gasteiger partial charge in [0.1, 0.15) is 17.2 Å². The summed E-state index contributed by atoms with van der Waals surface area (Å²) >= 11 is 0. The van der Waals surface area contributed by atoms with Crippen molar-refractivity contribution < 1.29 is 32.2 Å². The number of amides is 1. The van der Waals surface area contributed by atoms with Crippen LogP contribution in [0.15, 0.2) is 42.5 Å². The van der Waals surface area contributed by atoms with Gasteiger partial charge in [0.25, 0.3) is 0 Å². The Balaban J connectivity index is 2.03. The Morgan fingerprint density at radius 2 is 1.64 bits per heavy atom. The molecule has 2 aromatic carbocycles. The highest BCUT2D eigenvalue weighted by Gasteiger charge is 2.30. The van der Waals surface area contributed by atoms with Gasteiger partial charge in [-0.1, -0.05) is 0 Å². The van der Waals surface area contributed by atoms with Gasteiger partial charge < -0.3 is 19.5 Å². The Labute approximate surface area is 142 Å². The molecule has 0 aliphatic rings. The van der Waals surface area contributed by atoms with E-state index in [9.17, 15) is 18.0 Å². The fraction of sp³-hybridized carbons (Fsp3) is 0.235. The summed E-state index contributed by atoms with van der Waals surface area (Å²) in [6.45, 7) is 0. The average Bonchev–Trinajstić information content (AvgIpc) is 2.55. The number of alkyl halides is 3. The molecule has 0 spiro atoms. The van der Waals surface area contributed by atoms with Gasteiger partial charge in [0.2, 0.25) is 5.91 Å². The van der Waals surface area contributed by atoms with Crippen molar-refractivity contribution in [3.63, 3.8) is 0 Å². The Bertz CT molecular complexity index is 730. The third kappa shape index (κ3) is 5.59. The molecule has 0 radical (unpaired) electrons. The van der Waals surface area contributed by atoms with Gasteiger partial charge in [0, 0.05) is 11.3 Å². The lowest BCUT2D eigenvalue weighted by Gasteiger charge is -2.12. The lowest BCUT2D eigenvalue weighted by molar-refractivity contribution is -0.274. The van der Waals surface area contributed by atoms with E-state index in [1.165, 1.54) is 26.4 Å². The lowest BCUT2D eigenvalue weighted by Crippen LogP contribution is -2.17. The molecule has 0 atom stereocenters. The van der Waals surface area contributed by atoms with E-state index in [2.05, 4.69) is 10.1 Å². The summed E-state index contributed by atoms with van der Waals surface area (Å²) in [5, 5.41) is 2.60. The second-order valence-electron chi connectivity index (χ2n) is 4.97. The third-order valence-electron chi connectivity index (χ3n) is 3.21. The van der Waals surface area contributed by atoms with Crippen molar-refractivity contribution in [1.82, 2.24) is 0 Å². The molecule has 8 heteroatoms. The number of nitrogens with one attached hydrogen (secondary N) is 1. The summed E-state index contributed by atoms with van der Waals surface area (Å²) in [6, 6.07) is 9.96. The highest BCUT2D eigenvalue weighted by Crippen LogP contribution is 2.26. The summed E-state index contributed by atoms with van der Waals surface area (Å²) in [5.41, 5.74) is 0.970. The monoisotopic (exact) mass is 355 g/mol.